The molecule has 0 bridgehead atoms. The van der Waals surface area contributed by atoms with E-state index < -0.39 is 0 Å². The molecule has 3 heteroatoms. The molecule has 8 atom stereocenters. The number of carbonyl (C=O) groups is 1. The highest BCUT2D eigenvalue weighted by atomic mass is 16.5. The van der Waals surface area contributed by atoms with E-state index in [9.17, 15) is 9.90 Å². The second-order valence-corrected chi connectivity index (χ2v) is 12.0. The number of allylic oxidation sites excluding steroid dienone is 1. The minimum absolute atomic E-state index is 0.143. The fraction of sp³-hybridized carbons (Fsp3) is 0.893. The summed E-state index contributed by atoms with van der Waals surface area (Å²) in [6.45, 7) is 10.4. The van der Waals surface area contributed by atoms with E-state index in [1.807, 2.05) is 13.0 Å². The average molecular weight is 431 g/mol. The zero-order valence-corrected chi connectivity index (χ0v) is 20.5. The first-order chi connectivity index (χ1) is 14.8. The molecule has 4 fully saturated rings. The van der Waals surface area contributed by atoms with E-state index in [1.165, 1.54) is 56.9 Å². The van der Waals surface area contributed by atoms with E-state index in [-0.39, 0.29) is 5.97 Å². The summed E-state index contributed by atoms with van der Waals surface area (Å²) in [6, 6.07) is 0. The van der Waals surface area contributed by atoms with Gasteiger partial charge in [0.05, 0.1) is 6.61 Å². The minimum Gasteiger partial charge on any atom is -0.463 e. The van der Waals surface area contributed by atoms with E-state index in [1.54, 1.807) is 0 Å². The molecule has 3 nitrogen and oxygen atoms in total. The summed E-state index contributed by atoms with van der Waals surface area (Å²) in [5.74, 6) is 4.88. The highest BCUT2D eigenvalue weighted by molar-refractivity contribution is 5.82. The first-order valence-corrected chi connectivity index (χ1v) is 13.3. The van der Waals surface area contributed by atoms with Crippen LogP contribution in [0.25, 0.3) is 0 Å². The Bertz CT molecular complexity index is 684. The molecular weight excluding hydrogens is 384 g/mol. The summed E-state index contributed by atoms with van der Waals surface area (Å²) >= 11 is 0. The number of aliphatic hydroxyl groups excluding tert-OH is 1. The Hall–Kier alpha value is -0.830. The highest BCUT2D eigenvalue weighted by Crippen LogP contribution is 2.68. The second kappa shape index (κ2) is 9.20. The van der Waals surface area contributed by atoms with Gasteiger partial charge in [-0.2, -0.15) is 0 Å². The van der Waals surface area contributed by atoms with Crippen molar-refractivity contribution in [1.82, 2.24) is 0 Å². The van der Waals surface area contributed by atoms with Gasteiger partial charge in [-0.25, -0.2) is 4.79 Å². The number of rotatable bonds is 6. The van der Waals surface area contributed by atoms with Crippen LogP contribution in [0.4, 0.5) is 0 Å². The molecule has 6 unspecified atom stereocenters. The molecule has 1 N–H and O–H groups in total. The molecule has 0 radical (unpaired) electrons. The molecule has 4 aliphatic carbocycles. The quantitative estimate of drug-likeness (QED) is 0.384. The molecule has 0 aromatic heterocycles. The molecule has 31 heavy (non-hydrogen) atoms. The predicted octanol–water partition coefficient (Wildman–Crippen LogP) is 6.54. The maximum absolute atomic E-state index is 12.0. The normalized spacial score (nSPS) is 44.3. The Labute approximate surface area is 190 Å². The maximum atomic E-state index is 12.0. The van der Waals surface area contributed by atoms with Crippen molar-refractivity contribution in [3.8, 4) is 0 Å². The van der Waals surface area contributed by atoms with Crippen molar-refractivity contribution in [2.24, 2.45) is 46.3 Å². The van der Waals surface area contributed by atoms with Gasteiger partial charge in [0.15, 0.2) is 0 Å². The number of carbonyl (C=O) groups excluding carboxylic acids is 1. The third-order valence-corrected chi connectivity index (χ3v) is 10.7. The predicted molar refractivity (Wildman–Crippen MR) is 125 cm³/mol. The van der Waals surface area contributed by atoms with Gasteiger partial charge in [0.2, 0.25) is 0 Å². The lowest BCUT2D eigenvalue weighted by Crippen LogP contribution is -2.53. The molecule has 176 valence electrons. The van der Waals surface area contributed by atoms with Crippen molar-refractivity contribution in [2.75, 3.05) is 13.2 Å². The SMILES string of the molecule is CCOC(=O)/C=C1\CCC2(C)C(CCC3[C@@H]2CCC2(C)C(C(C)CCCO)CC[C@@H]32)C1. The van der Waals surface area contributed by atoms with E-state index in [4.69, 9.17) is 4.74 Å². The van der Waals surface area contributed by atoms with Crippen LogP contribution < -0.4 is 0 Å². The van der Waals surface area contributed by atoms with E-state index >= 15 is 0 Å². The molecule has 0 aromatic carbocycles. The topological polar surface area (TPSA) is 46.5 Å². The Morgan fingerprint density at radius 2 is 1.90 bits per heavy atom. The first-order valence-electron chi connectivity index (χ1n) is 13.3. The molecule has 0 heterocycles. The van der Waals surface area contributed by atoms with Crippen LogP contribution in [0.2, 0.25) is 0 Å². The van der Waals surface area contributed by atoms with Crippen molar-refractivity contribution in [3.05, 3.63) is 11.6 Å². The lowest BCUT2D eigenvalue weighted by atomic mass is 9.44. The van der Waals surface area contributed by atoms with Gasteiger partial charge in [0.1, 0.15) is 0 Å². The van der Waals surface area contributed by atoms with Crippen LogP contribution in [-0.2, 0) is 9.53 Å². The van der Waals surface area contributed by atoms with Gasteiger partial charge in [-0.05, 0) is 124 Å². The van der Waals surface area contributed by atoms with Crippen LogP contribution in [0.5, 0.6) is 0 Å². The Morgan fingerprint density at radius 3 is 2.65 bits per heavy atom. The molecule has 0 spiro atoms. The fourth-order valence-electron chi connectivity index (χ4n) is 9.18. The third kappa shape index (κ3) is 4.13. The summed E-state index contributed by atoms with van der Waals surface area (Å²) in [4.78, 5) is 12.0. The smallest absolute Gasteiger partial charge is 0.330 e. The first kappa shape index (κ1) is 23.3. The lowest BCUT2D eigenvalue weighted by Gasteiger charge is -2.61. The molecule has 0 amide bonds. The van der Waals surface area contributed by atoms with Crippen molar-refractivity contribution >= 4 is 5.97 Å². The van der Waals surface area contributed by atoms with E-state index in [2.05, 4.69) is 20.8 Å². The Morgan fingerprint density at radius 1 is 1.13 bits per heavy atom. The van der Waals surface area contributed by atoms with E-state index in [0.717, 1.165) is 54.8 Å². The number of fused-ring (bicyclic) bond motifs is 5. The Kier molecular flexibility index (Phi) is 6.92. The average Bonchev–Trinajstić information content (AvgIpc) is 3.09. The number of ether oxygens (including phenoxy) is 1. The molecule has 4 aliphatic rings. The second-order valence-electron chi connectivity index (χ2n) is 12.0. The van der Waals surface area contributed by atoms with Crippen molar-refractivity contribution in [1.29, 1.82) is 0 Å². The van der Waals surface area contributed by atoms with Crippen LogP contribution >= 0.6 is 0 Å². The molecule has 4 saturated carbocycles. The highest BCUT2D eigenvalue weighted by Gasteiger charge is 2.60. The van der Waals surface area contributed by atoms with Gasteiger partial charge in [-0.3, -0.25) is 0 Å². The monoisotopic (exact) mass is 430 g/mol. The van der Waals surface area contributed by atoms with Gasteiger partial charge in [-0.15, -0.1) is 0 Å². The Balaban J connectivity index is 1.47. The van der Waals surface area contributed by atoms with Crippen LogP contribution in [-0.4, -0.2) is 24.3 Å². The zero-order valence-electron chi connectivity index (χ0n) is 20.5. The largest absolute Gasteiger partial charge is 0.463 e. The van der Waals surface area contributed by atoms with Crippen LogP contribution in [0.15, 0.2) is 11.6 Å². The van der Waals surface area contributed by atoms with Gasteiger partial charge in [-0.1, -0.05) is 26.3 Å². The maximum Gasteiger partial charge on any atom is 0.330 e. The number of aliphatic hydroxyl groups is 1. The van der Waals surface area contributed by atoms with Gasteiger partial charge < -0.3 is 9.84 Å². The number of hydrogen-bond donors (Lipinski definition) is 1. The van der Waals surface area contributed by atoms with Crippen LogP contribution in [0.1, 0.15) is 98.3 Å². The molecule has 0 aromatic rings. The minimum atomic E-state index is -0.143. The fourth-order valence-corrected chi connectivity index (χ4v) is 9.18. The van der Waals surface area contributed by atoms with E-state index in [0.29, 0.717) is 24.0 Å². The van der Waals surface area contributed by atoms with Crippen LogP contribution in [0, 0.1) is 46.3 Å². The van der Waals surface area contributed by atoms with Gasteiger partial charge in [0, 0.05) is 12.7 Å². The molecule has 4 rings (SSSR count). The summed E-state index contributed by atoms with van der Waals surface area (Å²) in [5, 5.41) is 9.31. The lowest BCUT2D eigenvalue weighted by molar-refractivity contribution is -0.137. The molecule has 0 aliphatic heterocycles. The third-order valence-electron chi connectivity index (χ3n) is 10.7. The molecule has 0 saturated heterocycles. The van der Waals surface area contributed by atoms with Crippen molar-refractivity contribution in [3.63, 3.8) is 0 Å². The zero-order chi connectivity index (χ0) is 22.2. The summed E-state index contributed by atoms with van der Waals surface area (Å²) in [7, 11) is 0. The van der Waals surface area contributed by atoms with Gasteiger partial charge in [0.25, 0.3) is 0 Å². The summed E-state index contributed by atoms with van der Waals surface area (Å²) in [6.07, 6.45) is 15.8. The van der Waals surface area contributed by atoms with Crippen LogP contribution in [0.3, 0.4) is 0 Å². The number of esters is 1. The number of hydrogen-bond acceptors (Lipinski definition) is 3. The summed E-state index contributed by atoms with van der Waals surface area (Å²) in [5.41, 5.74) is 2.30. The standard InChI is InChI=1S/C28H46O3/c1-5-31-26(30)18-20-12-14-27(3)21(17-20)8-9-22-24-11-10-23(19(2)7-6-16-29)28(24,4)15-13-25(22)27/h18-19,21-25,29H,5-17H2,1-4H3/b20-18+/t19?,21?,22?,23?,24-,25-,27?,28?/m0/s1. The van der Waals surface area contributed by atoms with Gasteiger partial charge >= 0.3 is 5.97 Å². The van der Waals surface area contributed by atoms with Crippen molar-refractivity contribution in [2.45, 2.75) is 98.3 Å². The molecular formula is C28H46O3. The van der Waals surface area contributed by atoms with Crippen molar-refractivity contribution < 1.29 is 14.6 Å². The summed E-state index contributed by atoms with van der Waals surface area (Å²) < 4.78 is 5.17.